The largest absolute Gasteiger partial charge is 0.451 e. The molecule has 0 unspecified atom stereocenters. The molecule has 0 saturated carbocycles. The molecule has 1 aromatic carbocycles. The molecule has 1 aliphatic rings. The molecule has 1 N–H and O–H groups in total. The van der Waals surface area contributed by atoms with E-state index in [0.717, 1.165) is 17.0 Å². The molecule has 9 nitrogen and oxygen atoms in total. The molecule has 3 aromatic rings. The molecule has 2 aromatic heterocycles. The number of rotatable bonds is 4. The lowest BCUT2D eigenvalue weighted by Gasteiger charge is -2.06. The fraction of sp³-hybridized carbons (Fsp3) is 0.263. The maximum Gasteiger partial charge on any atom is 0.378 e. The molecular weight excluding hydrogens is 362 g/mol. The monoisotopic (exact) mass is 379 g/mol. The second-order valence-electron chi connectivity index (χ2n) is 6.70. The van der Waals surface area contributed by atoms with Gasteiger partial charge in [-0.05, 0) is 50.6 Å². The van der Waals surface area contributed by atoms with Crippen molar-refractivity contribution < 1.29 is 19.1 Å². The zero-order chi connectivity index (χ0) is 20.0. The van der Waals surface area contributed by atoms with Gasteiger partial charge >= 0.3 is 5.97 Å². The number of amides is 1. The van der Waals surface area contributed by atoms with Crippen molar-refractivity contribution in [1.82, 2.24) is 19.6 Å². The third-order valence-electron chi connectivity index (χ3n) is 4.63. The molecule has 1 aliphatic heterocycles. The van der Waals surface area contributed by atoms with Crippen LogP contribution >= 0.6 is 0 Å². The van der Waals surface area contributed by atoms with Gasteiger partial charge in [0.1, 0.15) is 0 Å². The first kappa shape index (κ1) is 17.8. The maximum absolute atomic E-state index is 12.4. The van der Waals surface area contributed by atoms with E-state index in [1.165, 1.54) is 4.52 Å². The highest BCUT2D eigenvalue weighted by atomic mass is 16.5. The van der Waals surface area contributed by atoms with E-state index in [2.05, 4.69) is 20.4 Å². The van der Waals surface area contributed by atoms with E-state index >= 15 is 0 Å². The van der Waals surface area contributed by atoms with Crippen LogP contribution in [0.1, 0.15) is 50.8 Å². The predicted molar refractivity (Wildman–Crippen MR) is 98.4 cm³/mol. The normalized spacial score (nSPS) is 15.4. The van der Waals surface area contributed by atoms with E-state index in [9.17, 15) is 14.4 Å². The number of nitrogens with zero attached hydrogens (tertiary/aromatic N) is 4. The van der Waals surface area contributed by atoms with Gasteiger partial charge in [0.05, 0.1) is 5.92 Å². The van der Waals surface area contributed by atoms with Crippen molar-refractivity contribution in [3.05, 3.63) is 52.6 Å². The number of Topliss-reactive ketones (excluding diaryl/α,β-unsaturated/α-hetero) is 1. The van der Waals surface area contributed by atoms with Gasteiger partial charge in [0, 0.05) is 22.6 Å². The molecule has 0 fully saturated rings. The van der Waals surface area contributed by atoms with E-state index in [4.69, 9.17) is 4.74 Å². The van der Waals surface area contributed by atoms with Crippen LogP contribution in [0.4, 0.5) is 5.69 Å². The van der Waals surface area contributed by atoms with Gasteiger partial charge in [0.2, 0.25) is 5.91 Å². The Morgan fingerprint density at radius 2 is 2.00 bits per heavy atom. The minimum Gasteiger partial charge on any atom is -0.451 e. The van der Waals surface area contributed by atoms with Crippen molar-refractivity contribution >= 4 is 29.1 Å². The molecule has 0 saturated heterocycles. The summed E-state index contributed by atoms with van der Waals surface area (Å²) in [5, 5.41) is 6.83. The smallest absolute Gasteiger partial charge is 0.378 e. The Labute approximate surface area is 159 Å². The van der Waals surface area contributed by atoms with Crippen molar-refractivity contribution in [3.8, 4) is 0 Å². The van der Waals surface area contributed by atoms with Gasteiger partial charge in [-0.3, -0.25) is 9.59 Å². The Kier molecular flexibility index (Phi) is 4.14. The Balaban J connectivity index is 1.47. The highest BCUT2D eigenvalue weighted by molar-refractivity contribution is 6.05. The van der Waals surface area contributed by atoms with E-state index < -0.39 is 12.6 Å². The lowest BCUT2D eigenvalue weighted by atomic mass is 9.99. The van der Waals surface area contributed by atoms with Gasteiger partial charge < -0.3 is 10.1 Å². The van der Waals surface area contributed by atoms with Gasteiger partial charge in [-0.25, -0.2) is 14.3 Å². The van der Waals surface area contributed by atoms with Crippen molar-refractivity contribution in [2.24, 2.45) is 0 Å². The molecule has 0 spiro atoms. The third-order valence-corrected chi connectivity index (χ3v) is 4.63. The van der Waals surface area contributed by atoms with Crippen LogP contribution in [0.5, 0.6) is 0 Å². The first-order valence-corrected chi connectivity index (χ1v) is 8.69. The Morgan fingerprint density at radius 1 is 1.21 bits per heavy atom. The fourth-order valence-corrected chi connectivity index (χ4v) is 3.12. The van der Waals surface area contributed by atoms with Crippen LogP contribution in [0, 0.1) is 13.8 Å². The number of benzene rings is 1. The Bertz CT molecular complexity index is 1150. The number of ketones is 1. The van der Waals surface area contributed by atoms with Crippen molar-refractivity contribution in [2.75, 3.05) is 11.9 Å². The average molecular weight is 379 g/mol. The SMILES string of the molecule is Cc1cc(C)n2nc(C(=O)OCC(=O)c3ccc4c(c3)[C@@H](C)C(=O)N4)nc2n1. The summed E-state index contributed by atoms with van der Waals surface area (Å²) in [6.07, 6.45) is 0. The zero-order valence-corrected chi connectivity index (χ0v) is 15.5. The Morgan fingerprint density at radius 3 is 2.79 bits per heavy atom. The molecular formula is C19H17N5O4. The second kappa shape index (κ2) is 6.52. The lowest BCUT2D eigenvalue weighted by molar-refractivity contribution is -0.116. The van der Waals surface area contributed by atoms with Crippen LogP contribution in [0.15, 0.2) is 24.3 Å². The van der Waals surface area contributed by atoms with E-state index in [1.54, 1.807) is 25.1 Å². The number of aromatic nitrogens is 4. The van der Waals surface area contributed by atoms with Crippen LogP contribution in [-0.2, 0) is 9.53 Å². The maximum atomic E-state index is 12.4. The summed E-state index contributed by atoms with van der Waals surface area (Å²) in [4.78, 5) is 44.6. The number of ether oxygens (including phenoxy) is 1. The number of hydrogen-bond acceptors (Lipinski definition) is 7. The fourth-order valence-electron chi connectivity index (χ4n) is 3.12. The lowest BCUT2D eigenvalue weighted by Crippen LogP contribution is -2.15. The molecule has 0 aliphatic carbocycles. The number of carbonyl (C=O) groups is 3. The molecule has 28 heavy (non-hydrogen) atoms. The topological polar surface area (TPSA) is 116 Å². The van der Waals surface area contributed by atoms with Crippen LogP contribution in [-0.4, -0.2) is 43.8 Å². The van der Waals surface area contributed by atoms with Gasteiger partial charge in [-0.15, -0.1) is 5.10 Å². The van der Waals surface area contributed by atoms with Gasteiger partial charge in [-0.2, -0.15) is 4.98 Å². The van der Waals surface area contributed by atoms with Gasteiger partial charge in [0.25, 0.3) is 11.6 Å². The molecule has 1 amide bonds. The van der Waals surface area contributed by atoms with Crippen molar-refractivity contribution in [3.63, 3.8) is 0 Å². The van der Waals surface area contributed by atoms with E-state index in [1.807, 2.05) is 19.9 Å². The molecule has 9 heteroatoms. The number of anilines is 1. The molecule has 0 radical (unpaired) electrons. The minimum atomic E-state index is -0.803. The first-order chi connectivity index (χ1) is 13.3. The quantitative estimate of drug-likeness (QED) is 0.543. The summed E-state index contributed by atoms with van der Waals surface area (Å²) in [6, 6.07) is 6.72. The first-order valence-electron chi connectivity index (χ1n) is 8.69. The Hall–Kier alpha value is -3.62. The van der Waals surface area contributed by atoms with Gasteiger partial charge in [-0.1, -0.05) is 0 Å². The minimum absolute atomic E-state index is 0.108. The van der Waals surface area contributed by atoms with Gasteiger partial charge in [0.15, 0.2) is 12.4 Å². The molecule has 3 heterocycles. The standard InChI is InChI=1S/C19H17N5O4/c1-9-6-10(2)24-19(20-9)22-16(23-24)18(27)28-8-15(25)12-4-5-14-13(7-12)11(3)17(26)21-14/h4-7,11H,8H2,1-3H3,(H,21,26)/t11-/m1/s1. The van der Waals surface area contributed by atoms with E-state index in [-0.39, 0.29) is 23.4 Å². The molecule has 142 valence electrons. The van der Waals surface area contributed by atoms with Crippen molar-refractivity contribution in [2.45, 2.75) is 26.7 Å². The van der Waals surface area contributed by atoms with Crippen LogP contribution < -0.4 is 5.32 Å². The second-order valence-corrected chi connectivity index (χ2v) is 6.70. The number of aryl methyl sites for hydroxylation is 2. The van der Waals surface area contributed by atoms with Crippen LogP contribution in [0.2, 0.25) is 0 Å². The average Bonchev–Trinajstić information content (AvgIpc) is 3.21. The zero-order valence-electron chi connectivity index (χ0n) is 15.5. The van der Waals surface area contributed by atoms with Crippen LogP contribution in [0.3, 0.4) is 0 Å². The number of nitrogens with one attached hydrogen (secondary N) is 1. The summed E-state index contributed by atoms with van der Waals surface area (Å²) in [5.41, 5.74) is 3.34. The highest BCUT2D eigenvalue weighted by Crippen LogP contribution is 2.32. The number of esters is 1. The number of hydrogen-bond donors (Lipinski definition) is 1. The highest BCUT2D eigenvalue weighted by Gasteiger charge is 2.27. The molecule has 0 bridgehead atoms. The molecule has 4 rings (SSSR count). The summed E-state index contributed by atoms with van der Waals surface area (Å²) in [7, 11) is 0. The summed E-state index contributed by atoms with van der Waals surface area (Å²) in [5.74, 6) is -1.49. The molecule has 1 atom stereocenters. The van der Waals surface area contributed by atoms with Crippen LogP contribution in [0.25, 0.3) is 5.78 Å². The summed E-state index contributed by atoms with van der Waals surface area (Å²) in [6.45, 7) is 4.96. The van der Waals surface area contributed by atoms with E-state index in [0.29, 0.717) is 17.0 Å². The summed E-state index contributed by atoms with van der Waals surface area (Å²) < 4.78 is 6.52. The number of fused-ring (bicyclic) bond motifs is 2. The third kappa shape index (κ3) is 3.00. The van der Waals surface area contributed by atoms with Crippen molar-refractivity contribution in [1.29, 1.82) is 0 Å². The number of carbonyl (C=O) groups excluding carboxylic acids is 3. The summed E-state index contributed by atoms with van der Waals surface area (Å²) >= 11 is 0. The predicted octanol–water partition coefficient (Wildman–Crippen LogP) is 1.84.